The zero-order valence-electron chi connectivity index (χ0n) is 29.8. The van der Waals surface area contributed by atoms with Crippen LogP contribution in [0.1, 0.15) is 81.6 Å². The third-order valence-electron chi connectivity index (χ3n) is 7.20. The normalized spacial score (nSPS) is 15.0. The molecule has 12 nitrogen and oxygen atoms in total. The summed E-state index contributed by atoms with van der Waals surface area (Å²) < 4.78 is 42.1. The third kappa shape index (κ3) is 19.5. The van der Waals surface area contributed by atoms with Gasteiger partial charge in [-0.2, -0.15) is 0 Å². The Morgan fingerprint density at radius 3 is 1.53 bits per heavy atom. The van der Waals surface area contributed by atoms with E-state index >= 15 is 0 Å². The van der Waals surface area contributed by atoms with Crippen molar-refractivity contribution in [1.29, 1.82) is 0 Å². The van der Waals surface area contributed by atoms with Crippen LogP contribution in [-0.4, -0.2) is 95.1 Å². The molecule has 0 spiro atoms. The van der Waals surface area contributed by atoms with Crippen molar-refractivity contribution in [3.63, 3.8) is 0 Å². The maximum Gasteiger partial charge on any atom is 0.327 e. The van der Waals surface area contributed by atoms with E-state index in [1.807, 2.05) is 28.1 Å². The maximum absolute atomic E-state index is 12.5. The van der Waals surface area contributed by atoms with Crippen molar-refractivity contribution >= 4 is 37.3 Å². The van der Waals surface area contributed by atoms with Gasteiger partial charge in [0.15, 0.2) is 0 Å². The third-order valence-corrected chi connectivity index (χ3v) is 8.49. The number of rotatable bonds is 20. The van der Waals surface area contributed by atoms with Crippen molar-refractivity contribution in [1.82, 2.24) is 0 Å². The fourth-order valence-corrected chi connectivity index (χ4v) is 4.22. The summed E-state index contributed by atoms with van der Waals surface area (Å²) in [4.78, 5) is 47.1. The number of quaternary nitrogens is 1. The zero-order chi connectivity index (χ0) is 35.9. The lowest BCUT2D eigenvalue weighted by Gasteiger charge is -2.30. The second-order valence-electron chi connectivity index (χ2n) is 13.9. The predicted octanol–water partition coefficient (Wildman–Crippen LogP) is 5.26. The first-order valence-corrected chi connectivity index (χ1v) is 16.9. The number of nitrogens with zero attached hydrogens (tertiary/aromatic N) is 1. The van der Waals surface area contributed by atoms with Crippen LogP contribution in [0.15, 0.2) is 12.3 Å². The van der Waals surface area contributed by atoms with Crippen LogP contribution in [0.3, 0.4) is 0 Å². The Labute approximate surface area is 276 Å². The number of phosphoric ester groups is 1. The van der Waals surface area contributed by atoms with Crippen LogP contribution in [0, 0.1) is 16.2 Å². The fraction of sp³-hybridized carbons (Fsp3) is 0.839. The maximum atomic E-state index is 12.5. The summed E-state index contributed by atoms with van der Waals surface area (Å²) in [5.41, 5.74) is -1.66. The molecule has 0 aromatic heterocycles. The van der Waals surface area contributed by atoms with E-state index in [-0.39, 0.29) is 44.2 Å². The van der Waals surface area contributed by atoms with Gasteiger partial charge in [0.05, 0.1) is 51.4 Å². The Morgan fingerprint density at radius 1 is 0.733 bits per heavy atom. The first-order chi connectivity index (χ1) is 20.2. The summed E-state index contributed by atoms with van der Waals surface area (Å²) in [5, 5.41) is 0. The molecular weight excluding hydrogens is 629 g/mol. The Hall–Kier alpha value is -1.69. The lowest BCUT2D eigenvalue weighted by atomic mass is 9.83. The average Bonchev–Trinajstić information content (AvgIpc) is 2.91. The molecule has 0 aromatic rings. The number of allylic oxidation sites excluding steroid dienone is 1. The zero-order valence-corrected chi connectivity index (χ0v) is 31.5. The summed E-state index contributed by atoms with van der Waals surface area (Å²) >= 11 is 6.33. The van der Waals surface area contributed by atoms with Crippen LogP contribution in [0.5, 0.6) is 0 Å². The molecule has 0 radical (unpaired) electrons. The molecule has 0 bridgehead atoms. The van der Waals surface area contributed by atoms with E-state index in [4.69, 9.17) is 35.1 Å². The van der Waals surface area contributed by atoms with Crippen molar-refractivity contribution in [2.75, 3.05) is 67.8 Å². The highest BCUT2D eigenvalue weighted by atomic mass is 35.5. The minimum absolute atomic E-state index is 0.0475. The van der Waals surface area contributed by atoms with Crippen molar-refractivity contribution in [3.05, 3.63) is 12.3 Å². The Balaban J connectivity index is 0. The van der Waals surface area contributed by atoms with Gasteiger partial charge in [0, 0.05) is 5.41 Å². The quantitative estimate of drug-likeness (QED) is 0.0314. The van der Waals surface area contributed by atoms with Crippen molar-refractivity contribution in [2.24, 2.45) is 16.2 Å². The molecule has 266 valence electrons. The largest absolute Gasteiger partial charge is 0.756 e. The van der Waals surface area contributed by atoms with Gasteiger partial charge in [-0.25, -0.2) is 0 Å². The molecule has 0 amide bonds. The number of carbonyl (C=O) groups excluding carboxylic acids is 3. The molecule has 0 rings (SSSR count). The molecule has 0 aliphatic carbocycles. The first kappa shape index (κ1) is 45.4. The highest BCUT2D eigenvalue weighted by Crippen LogP contribution is 2.38. The van der Waals surface area contributed by atoms with Gasteiger partial charge in [-0.15, -0.1) is 11.6 Å². The molecule has 0 aromatic carbocycles. The van der Waals surface area contributed by atoms with Crippen LogP contribution in [0.2, 0.25) is 0 Å². The lowest BCUT2D eigenvalue weighted by Crippen LogP contribution is -2.40. The lowest BCUT2D eigenvalue weighted by molar-refractivity contribution is -0.870. The number of esters is 3. The molecule has 2 unspecified atom stereocenters. The van der Waals surface area contributed by atoms with Gasteiger partial charge in [0.25, 0.3) is 7.82 Å². The van der Waals surface area contributed by atoms with Gasteiger partial charge in [-0.1, -0.05) is 34.3 Å². The smallest absolute Gasteiger partial charge is 0.327 e. The SMILES string of the molecule is C=C(OC)C(C)(C)CC.CCC(C)(C)C(=O)OCCOC(=O)C(C)(C)CC(C)(Cl)C(=O)OCCOP(=O)([O-])OCC[N+](C)(C)C. The number of likely N-dealkylation sites (N-methyl/N-ethyl adjacent to an activating group) is 1. The molecule has 0 fully saturated rings. The highest BCUT2D eigenvalue weighted by molar-refractivity contribution is 7.45. The molecule has 14 heteroatoms. The summed E-state index contributed by atoms with van der Waals surface area (Å²) in [6.45, 7) is 19.4. The molecule has 0 aliphatic heterocycles. The van der Waals surface area contributed by atoms with Crippen LogP contribution in [0.25, 0.3) is 0 Å². The van der Waals surface area contributed by atoms with Crippen LogP contribution in [0.4, 0.5) is 0 Å². The second-order valence-corrected chi connectivity index (χ2v) is 16.1. The summed E-state index contributed by atoms with van der Waals surface area (Å²) in [5.74, 6) is -1.000. The highest BCUT2D eigenvalue weighted by Gasteiger charge is 2.43. The van der Waals surface area contributed by atoms with Gasteiger partial charge >= 0.3 is 17.9 Å². The summed E-state index contributed by atoms with van der Waals surface area (Å²) in [6, 6.07) is 0. The van der Waals surface area contributed by atoms with Crippen molar-refractivity contribution in [3.8, 4) is 0 Å². The fourth-order valence-electron chi connectivity index (χ4n) is 3.15. The topological polar surface area (TPSA) is 147 Å². The number of hydrogen-bond acceptors (Lipinski definition) is 11. The van der Waals surface area contributed by atoms with Crippen molar-refractivity contribution < 1.29 is 56.3 Å². The molecule has 0 heterocycles. The van der Waals surface area contributed by atoms with E-state index in [2.05, 4.69) is 31.9 Å². The summed E-state index contributed by atoms with van der Waals surface area (Å²) in [7, 11) is 2.79. The van der Waals surface area contributed by atoms with Gasteiger partial charge in [0.1, 0.15) is 37.8 Å². The number of halogens is 1. The Bertz CT molecular complexity index is 1000. The minimum atomic E-state index is -4.53. The molecule has 0 saturated carbocycles. The monoisotopic (exact) mass is 687 g/mol. The number of ether oxygens (including phenoxy) is 4. The van der Waals surface area contributed by atoms with Crippen molar-refractivity contribution in [2.45, 2.75) is 86.5 Å². The molecule has 2 atom stereocenters. The standard InChI is InChI=1S/C23H43ClNO10P.C8H16O/c1-10-21(2,3)18(26)31-13-14-32-19(27)22(4,5)17-23(6,24)20(28)33-15-16-35-36(29,30)34-12-11-25(7,8)9;1-6-8(3,4)7(2)9-5/h10-17H2,1-9H3;2,6H2,1,3-5H3. The first-order valence-electron chi connectivity index (χ1n) is 15.0. The van der Waals surface area contributed by atoms with E-state index in [1.54, 1.807) is 34.8 Å². The van der Waals surface area contributed by atoms with Crippen LogP contribution in [-0.2, 0) is 46.9 Å². The number of carbonyl (C=O) groups is 3. The Kier molecular flexibility index (Phi) is 19.4. The molecule has 45 heavy (non-hydrogen) atoms. The Morgan fingerprint density at radius 2 is 1.13 bits per heavy atom. The number of hydrogen-bond donors (Lipinski definition) is 0. The van der Waals surface area contributed by atoms with Gasteiger partial charge < -0.3 is 37.4 Å². The molecular formula is C31H59ClNO11P. The van der Waals surface area contributed by atoms with E-state index in [0.717, 1.165) is 12.2 Å². The van der Waals surface area contributed by atoms with Gasteiger partial charge in [-0.05, 0) is 53.9 Å². The second kappa shape index (κ2) is 19.2. The number of phosphoric acid groups is 1. The van der Waals surface area contributed by atoms with E-state index in [0.29, 0.717) is 17.4 Å². The molecule has 0 N–H and O–H groups in total. The van der Waals surface area contributed by atoms with E-state index < -0.39 is 42.1 Å². The van der Waals surface area contributed by atoms with Gasteiger partial charge in [-0.3, -0.25) is 18.9 Å². The van der Waals surface area contributed by atoms with Gasteiger partial charge in [0.2, 0.25) is 0 Å². The van der Waals surface area contributed by atoms with Crippen LogP contribution < -0.4 is 4.89 Å². The van der Waals surface area contributed by atoms with E-state index in [1.165, 1.54) is 6.92 Å². The molecule has 0 saturated heterocycles. The number of alkyl halides is 1. The van der Waals surface area contributed by atoms with E-state index in [9.17, 15) is 23.8 Å². The van der Waals surface area contributed by atoms with Crippen LogP contribution >= 0.6 is 19.4 Å². The average molecular weight is 688 g/mol. The minimum Gasteiger partial charge on any atom is -0.756 e. The summed E-state index contributed by atoms with van der Waals surface area (Å²) in [6.07, 6.45) is 1.55. The predicted molar refractivity (Wildman–Crippen MR) is 172 cm³/mol. The number of methoxy groups -OCH3 is 1. The molecule has 0 aliphatic rings.